The van der Waals surface area contributed by atoms with E-state index in [2.05, 4.69) is 89.3 Å². The third-order valence-electron chi connectivity index (χ3n) is 7.35. The van der Waals surface area contributed by atoms with Crippen molar-refractivity contribution in [2.24, 2.45) is 0 Å². The van der Waals surface area contributed by atoms with Crippen LogP contribution in [0.5, 0.6) is 0 Å². The van der Waals surface area contributed by atoms with Gasteiger partial charge in [-0.2, -0.15) is 0 Å². The first-order chi connectivity index (χ1) is 17.3. The molecule has 5 aromatic carbocycles. The fourth-order valence-corrected chi connectivity index (χ4v) is 7.00. The molecule has 162 valence electrons. The number of pyridine rings is 1. The lowest BCUT2D eigenvalue weighted by atomic mass is 10.00. The summed E-state index contributed by atoms with van der Waals surface area (Å²) >= 11 is 1.86. The van der Waals surface area contributed by atoms with Crippen molar-refractivity contribution in [1.29, 1.82) is 0 Å². The first-order valence-corrected chi connectivity index (χ1v) is 12.5. The minimum absolute atomic E-state index is 0.898. The van der Waals surface area contributed by atoms with Crippen molar-refractivity contribution in [3.8, 4) is 0 Å². The van der Waals surface area contributed by atoms with Crippen LogP contribution in [0.25, 0.3) is 80.5 Å². The van der Waals surface area contributed by atoms with Gasteiger partial charge < -0.3 is 4.42 Å². The van der Waals surface area contributed by atoms with Gasteiger partial charge in [0, 0.05) is 41.7 Å². The largest absolute Gasteiger partial charge is 0.456 e. The van der Waals surface area contributed by atoms with Gasteiger partial charge in [0.2, 0.25) is 0 Å². The number of furan rings is 1. The molecule has 35 heavy (non-hydrogen) atoms. The van der Waals surface area contributed by atoms with Gasteiger partial charge >= 0.3 is 0 Å². The average molecular weight is 465 g/mol. The summed E-state index contributed by atoms with van der Waals surface area (Å²) in [5.74, 6) is 0. The molecule has 0 unspecified atom stereocenters. The average Bonchev–Trinajstić information content (AvgIpc) is 3.58. The van der Waals surface area contributed by atoms with E-state index in [1.807, 2.05) is 23.5 Å². The van der Waals surface area contributed by atoms with Crippen LogP contribution in [-0.2, 0) is 0 Å². The zero-order chi connectivity index (χ0) is 22.7. The molecule has 4 heterocycles. The number of fused-ring (bicyclic) bond motifs is 15. The van der Waals surface area contributed by atoms with E-state index in [0.29, 0.717) is 0 Å². The molecule has 9 aromatic rings. The molecular weight excluding hydrogens is 448 g/mol. The van der Waals surface area contributed by atoms with Crippen LogP contribution in [0, 0.1) is 0 Å². The zero-order valence-electron chi connectivity index (χ0n) is 18.4. The van der Waals surface area contributed by atoms with Crippen LogP contribution in [0.15, 0.2) is 101 Å². The molecule has 0 spiro atoms. The Hall–Kier alpha value is -4.41. The van der Waals surface area contributed by atoms with Gasteiger partial charge in [-0.1, -0.05) is 48.5 Å². The summed E-state index contributed by atoms with van der Waals surface area (Å²) in [6.07, 6.45) is 0. The highest BCUT2D eigenvalue weighted by atomic mass is 32.1. The molecule has 3 nitrogen and oxygen atoms in total. The number of para-hydroxylation sites is 3. The third kappa shape index (κ3) is 2.18. The summed E-state index contributed by atoms with van der Waals surface area (Å²) in [6, 6.07) is 34.5. The summed E-state index contributed by atoms with van der Waals surface area (Å²) < 4.78 is 11.2. The first-order valence-electron chi connectivity index (χ1n) is 11.7. The van der Waals surface area contributed by atoms with E-state index in [4.69, 9.17) is 9.40 Å². The molecule has 0 atom stereocenters. The number of benzene rings is 5. The predicted octanol–water partition coefficient (Wildman–Crippen LogP) is 9.06. The molecule has 0 saturated carbocycles. The monoisotopic (exact) mass is 464 g/mol. The highest BCUT2D eigenvalue weighted by Gasteiger charge is 2.20. The molecule has 0 saturated heterocycles. The fraction of sp³-hybridized carbons (Fsp3) is 0. The summed E-state index contributed by atoms with van der Waals surface area (Å²) in [4.78, 5) is 5.18. The SMILES string of the molecule is c1ccc2c(c1)nc1c3c(ccc4oc5ccccc5c43)c3cc4sc5ccccc5c4cc3n21. The second kappa shape index (κ2) is 6.17. The minimum atomic E-state index is 0.898. The molecule has 0 fully saturated rings. The van der Waals surface area contributed by atoms with Gasteiger partial charge in [-0.3, -0.25) is 4.40 Å². The van der Waals surface area contributed by atoms with Crippen LogP contribution < -0.4 is 0 Å². The molecule has 4 aromatic heterocycles. The quantitative estimate of drug-likeness (QED) is 0.210. The Morgan fingerprint density at radius 2 is 1.40 bits per heavy atom. The highest BCUT2D eigenvalue weighted by molar-refractivity contribution is 7.25. The fourth-order valence-electron chi connectivity index (χ4n) is 5.87. The van der Waals surface area contributed by atoms with Gasteiger partial charge in [-0.15, -0.1) is 11.3 Å². The van der Waals surface area contributed by atoms with E-state index in [-0.39, 0.29) is 0 Å². The van der Waals surface area contributed by atoms with E-state index in [9.17, 15) is 0 Å². The van der Waals surface area contributed by atoms with Crippen molar-refractivity contribution in [3.63, 3.8) is 0 Å². The van der Waals surface area contributed by atoms with Crippen LogP contribution in [0.4, 0.5) is 0 Å². The van der Waals surface area contributed by atoms with E-state index in [0.717, 1.165) is 44.0 Å². The minimum Gasteiger partial charge on any atom is -0.456 e. The van der Waals surface area contributed by atoms with Crippen LogP contribution >= 0.6 is 11.3 Å². The van der Waals surface area contributed by atoms with Crippen LogP contribution in [-0.4, -0.2) is 9.38 Å². The molecule has 0 radical (unpaired) electrons. The maximum Gasteiger partial charge on any atom is 0.147 e. The Balaban J connectivity index is 1.65. The lowest BCUT2D eigenvalue weighted by molar-refractivity contribution is 0.669. The third-order valence-corrected chi connectivity index (χ3v) is 8.49. The number of imidazole rings is 1. The molecule has 4 heteroatoms. The maximum atomic E-state index is 6.27. The van der Waals surface area contributed by atoms with Gasteiger partial charge in [0.1, 0.15) is 16.8 Å². The summed E-state index contributed by atoms with van der Waals surface area (Å²) in [7, 11) is 0. The molecule has 0 aliphatic rings. The molecule has 0 bridgehead atoms. The van der Waals surface area contributed by atoms with Gasteiger partial charge in [-0.25, -0.2) is 4.98 Å². The topological polar surface area (TPSA) is 30.4 Å². The maximum absolute atomic E-state index is 6.27. The van der Waals surface area contributed by atoms with Crippen molar-refractivity contribution in [2.45, 2.75) is 0 Å². The van der Waals surface area contributed by atoms with Crippen molar-refractivity contribution >= 4 is 91.8 Å². The predicted molar refractivity (Wildman–Crippen MR) is 148 cm³/mol. The van der Waals surface area contributed by atoms with Crippen molar-refractivity contribution in [3.05, 3.63) is 97.1 Å². The molecule has 9 rings (SSSR count). The number of hydrogen-bond donors (Lipinski definition) is 0. The Morgan fingerprint density at radius 3 is 2.37 bits per heavy atom. The van der Waals surface area contributed by atoms with Crippen LogP contribution in [0.2, 0.25) is 0 Å². The summed E-state index contributed by atoms with van der Waals surface area (Å²) in [5, 5.41) is 8.47. The molecule has 0 N–H and O–H groups in total. The van der Waals surface area contributed by atoms with Crippen molar-refractivity contribution in [2.75, 3.05) is 0 Å². The molecule has 0 aliphatic heterocycles. The highest BCUT2D eigenvalue weighted by Crippen LogP contribution is 2.43. The molecular formula is C31H16N2OS. The second-order valence-corrected chi connectivity index (χ2v) is 10.3. The number of hydrogen-bond acceptors (Lipinski definition) is 3. The number of nitrogens with zero attached hydrogens (tertiary/aromatic N) is 2. The van der Waals surface area contributed by atoms with E-state index in [1.165, 1.54) is 36.5 Å². The van der Waals surface area contributed by atoms with E-state index >= 15 is 0 Å². The van der Waals surface area contributed by atoms with Crippen molar-refractivity contribution < 1.29 is 4.42 Å². The lowest BCUT2D eigenvalue weighted by Crippen LogP contribution is -1.92. The summed E-state index contributed by atoms with van der Waals surface area (Å²) in [5.41, 5.74) is 6.09. The zero-order valence-corrected chi connectivity index (χ0v) is 19.3. The van der Waals surface area contributed by atoms with Gasteiger partial charge in [0.25, 0.3) is 0 Å². The Bertz CT molecular complexity index is 2330. The van der Waals surface area contributed by atoms with Gasteiger partial charge in [-0.05, 0) is 53.9 Å². The first kappa shape index (κ1) is 18.0. The Morgan fingerprint density at radius 1 is 0.571 bits per heavy atom. The lowest BCUT2D eigenvalue weighted by Gasteiger charge is -2.10. The molecule has 0 amide bonds. The Labute approximate surface area is 202 Å². The van der Waals surface area contributed by atoms with Crippen LogP contribution in [0.3, 0.4) is 0 Å². The Kier molecular flexibility index (Phi) is 3.17. The van der Waals surface area contributed by atoms with Crippen molar-refractivity contribution in [1.82, 2.24) is 9.38 Å². The normalized spacial score (nSPS) is 12.6. The standard InChI is InChI=1S/C31H16N2OS/c1-5-11-25-19(8-1)29-26(34-25)14-13-18-20-16-28-21(17-7-2-6-12-27(17)35-28)15-24(20)33-23-10-4-3-9-22(23)32-31(33)30(18)29/h1-16H. The molecule has 0 aliphatic carbocycles. The van der Waals surface area contributed by atoms with Gasteiger partial charge in [0.05, 0.1) is 16.6 Å². The number of aromatic nitrogens is 2. The number of thiophene rings is 1. The smallest absolute Gasteiger partial charge is 0.147 e. The summed E-state index contributed by atoms with van der Waals surface area (Å²) in [6.45, 7) is 0. The second-order valence-electron chi connectivity index (χ2n) is 9.18. The van der Waals surface area contributed by atoms with Crippen LogP contribution in [0.1, 0.15) is 0 Å². The van der Waals surface area contributed by atoms with Gasteiger partial charge in [0.15, 0.2) is 0 Å². The number of rotatable bonds is 0. The van der Waals surface area contributed by atoms with E-state index in [1.54, 1.807) is 0 Å². The van der Waals surface area contributed by atoms with E-state index < -0.39 is 0 Å².